The van der Waals surface area contributed by atoms with E-state index in [0.29, 0.717) is 5.69 Å². The lowest BCUT2D eigenvalue weighted by Crippen LogP contribution is -1.95. The average Bonchev–Trinajstić information content (AvgIpc) is 2.05. The van der Waals surface area contributed by atoms with E-state index in [4.69, 9.17) is 0 Å². The summed E-state index contributed by atoms with van der Waals surface area (Å²) in [5.41, 5.74) is 0.505. The molecule has 0 spiro atoms. The molecule has 0 aliphatic carbocycles. The molecule has 1 rings (SSSR count). The van der Waals surface area contributed by atoms with Crippen LogP contribution in [0.4, 0.5) is 5.69 Å². The van der Waals surface area contributed by atoms with Crippen molar-refractivity contribution < 1.29 is 0 Å². The van der Waals surface area contributed by atoms with Gasteiger partial charge in [-0.1, -0.05) is 20.1 Å². The highest BCUT2D eigenvalue weighted by atomic mass is 31.1. The first-order valence-electron chi connectivity index (χ1n) is 3.35. The van der Waals surface area contributed by atoms with Gasteiger partial charge in [-0.2, -0.15) is 0 Å². The topological polar surface area (TPSA) is 29.4 Å². The van der Waals surface area contributed by atoms with E-state index in [-0.39, 0.29) is 7.92 Å². The summed E-state index contributed by atoms with van der Waals surface area (Å²) in [6.07, 6.45) is 0. The van der Waals surface area contributed by atoms with E-state index in [1.807, 2.05) is 12.1 Å². The molecule has 0 aromatic heterocycles. The summed E-state index contributed by atoms with van der Waals surface area (Å²) in [6, 6.07) is 7.43. The van der Waals surface area contributed by atoms with Gasteiger partial charge in [0.1, 0.15) is 5.69 Å². The zero-order chi connectivity index (χ0) is 8.27. The predicted molar refractivity (Wildman–Crippen MR) is 50.3 cm³/mol. The Hall–Kier alpha value is -0.750. The first-order chi connectivity index (χ1) is 5.24. The van der Waals surface area contributed by atoms with Gasteiger partial charge in [0.25, 0.3) is 0 Å². The van der Waals surface area contributed by atoms with E-state index in [0.717, 1.165) is 0 Å². The van der Waals surface area contributed by atoms with Gasteiger partial charge >= 0.3 is 0 Å². The second-order valence-electron chi connectivity index (χ2n) is 2.50. The molecule has 58 valence electrons. The molecule has 11 heavy (non-hydrogen) atoms. The highest BCUT2D eigenvalue weighted by Crippen LogP contribution is 2.24. The molecule has 0 N–H and O–H groups in total. The van der Waals surface area contributed by atoms with Gasteiger partial charge in [-0.25, -0.2) is 0 Å². The van der Waals surface area contributed by atoms with Crippen LogP contribution in [0.3, 0.4) is 0 Å². The summed E-state index contributed by atoms with van der Waals surface area (Å²) >= 11 is 0. The molecule has 0 amide bonds. The predicted octanol–water partition coefficient (Wildman–Crippen LogP) is 2.45. The summed E-state index contributed by atoms with van der Waals surface area (Å²) in [6.45, 7) is 4.36. The van der Waals surface area contributed by atoms with E-state index < -0.39 is 0 Å². The molecule has 1 aromatic carbocycles. The lowest BCUT2D eigenvalue weighted by atomic mass is 10.3. The van der Waals surface area contributed by atoms with Gasteiger partial charge in [0.2, 0.25) is 0 Å². The monoisotopic (exact) mass is 167 g/mol. The third-order valence-electron chi connectivity index (χ3n) is 1.47. The Morgan fingerprint density at radius 2 is 1.73 bits per heavy atom. The molecule has 0 saturated heterocycles. The molecular formula is C8H10NOP. The Kier molecular flexibility index (Phi) is 2.72. The van der Waals surface area contributed by atoms with Crippen molar-refractivity contribution in [1.29, 1.82) is 0 Å². The number of nitroso groups, excluding NO2 is 1. The Labute approximate surface area is 67.4 Å². The fraction of sp³-hybridized carbons (Fsp3) is 0.250. The lowest BCUT2D eigenvalue weighted by molar-refractivity contribution is 1.51. The third-order valence-corrected chi connectivity index (χ3v) is 2.80. The van der Waals surface area contributed by atoms with Crippen molar-refractivity contribution in [2.75, 3.05) is 13.3 Å². The van der Waals surface area contributed by atoms with Crippen LogP contribution in [0, 0.1) is 4.91 Å². The van der Waals surface area contributed by atoms with E-state index in [1.165, 1.54) is 5.30 Å². The molecule has 0 saturated carbocycles. The lowest BCUT2D eigenvalue weighted by Gasteiger charge is -2.03. The van der Waals surface area contributed by atoms with Crippen LogP contribution in [-0.2, 0) is 0 Å². The van der Waals surface area contributed by atoms with Crippen molar-refractivity contribution in [3.05, 3.63) is 29.2 Å². The first kappa shape index (κ1) is 8.35. The van der Waals surface area contributed by atoms with Gasteiger partial charge < -0.3 is 0 Å². The molecule has 0 bridgehead atoms. The van der Waals surface area contributed by atoms with Gasteiger partial charge in [0.05, 0.1) is 0 Å². The summed E-state index contributed by atoms with van der Waals surface area (Å²) in [5, 5.41) is 4.13. The van der Waals surface area contributed by atoms with Crippen molar-refractivity contribution in [3.8, 4) is 0 Å². The van der Waals surface area contributed by atoms with E-state index in [9.17, 15) is 4.91 Å². The maximum absolute atomic E-state index is 10.0. The molecule has 3 heteroatoms. The summed E-state index contributed by atoms with van der Waals surface area (Å²) in [5.74, 6) is 0. The zero-order valence-corrected chi connectivity index (χ0v) is 7.51. The van der Waals surface area contributed by atoms with Crippen LogP contribution >= 0.6 is 7.92 Å². The SMILES string of the molecule is CP(C)c1ccc(N=O)cc1. The summed E-state index contributed by atoms with van der Waals surface area (Å²) < 4.78 is 0. The molecule has 0 fully saturated rings. The Balaban J connectivity index is 2.91. The number of benzene rings is 1. The average molecular weight is 167 g/mol. The minimum absolute atomic E-state index is 0.0567. The summed E-state index contributed by atoms with van der Waals surface area (Å²) in [4.78, 5) is 10.0. The van der Waals surface area contributed by atoms with Crippen molar-refractivity contribution in [3.63, 3.8) is 0 Å². The standard InChI is InChI=1S/C8H10NOP/c1-11(2)8-5-3-7(9-10)4-6-8/h3-6H,1-2H3. The van der Waals surface area contributed by atoms with Gasteiger partial charge in [0.15, 0.2) is 0 Å². The van der Waals surface area contributed by atoms with Crippen LogP contribution in [0.15, 0.2) is 29.4 Å². The van der Waals surface area contributed by atoms with Crippen molar-refractivity contribution in [2.24, 2.45) is 5.18 Å². The van der Waals surface area contributed by atoms with Crippen LogP contribution in [-0.4, -0.2) is 13.3 Å². The Morgan fingerprint density at radius 3 is 2.09 bits per heavy atom. The van der Waals surface area contributed by atoms with Crippen molar-refractivity contribution in [1.82, 2.24) is 0 Å². The highest BCUT2D eigenvalue weighted by Gasteiger charge is 1.96. The van der Waals surface area contributed by atoms with E-state index >= 15 is 0 Å². The normalized spacial score (nSPS) is 10.1. The molecule has 0 unspecified atom stereocenters. The van der Waals surface area contributed by atoms with E-state index in [2.05, 4.69) is 18.5 Å². The van der Waals surface area contributed by atoms with Crippen LogP contribution in [0.2, 0.25) is 0 Å². The fourth-order valence-electron chi connectivity index (χ4n) is 0.812. The fourth-order valence-corrected chi connectivity index (χ4v) is 1.56. The molecule has 1 aromatic rings. The quantitative estimate of drug-likeness (QED) is 0.491. The molecule has 2 nitrogen and oxygen atoms in total. The number of hydrogen-bond donors (Lipinski definition) is 0. The molecule has 0 aliphatic rings. The van der Waals surface area contributed by atoms with Gasteiger partial charge in [-0.15, -0.1) is 4.91 Å². The van der Waals surface area contributed by atoms with E-state index in [1.54, 1.807) is 12.1 Å². The second-order valence-corrected chi connectivity index (χ2v) is 4.81. The Morgan fingerprint density at radius 1 is 1.18 bits per heavy atom. The number of hydrogen-bond acceptors (Lipinski definition) is 2. The minimum atomic E-state index is -0.0567. The first-order valence-corrected chi connectivity index (χ1v) is 5.58. The van der Waals surface area contributed by atoms with Crippen molar-refractivity contribution >= 4 is 18.9 Å². The van der Waals surface area contributed by atoms with Crippen LogP contribution in [0.1, 0.15) is 0 Å². The molecular weight excluding hydrogens is 157 g/mol. The van der Waals surface area contributed by atoms with Crippen molar-refractivity contribution in [2.45, 2.75) is 0 Å². The largest absolute Gasteiger partial charge is 0.145 e. The van der Waals surface area contributed by atoms with Gasteiger partial charge in [-0.3, -0.25) is 0 Å². The van der Waals surface area contributed by atoms with Crippen LogP contribution < -0.4 is 5.30 Å². The zero-order valence-electron chi connectivity index (χ0n) is 6.61. The number of rotatable bonds is 2. The molecule has 0 heterocycles. The number of nitrogens with zero attached hydrogens (tertiary/aromatic N) is 1. The molecule has 0 aliphatic heterocycles. The van der Waals surface area contributed by atoms with Gasteiger partial charge in [0, 0.05) is 0 Å². The highest BCUT2D eigenvalue weighted by molar-refractivity contribution is 7.64. The summed E-state index contributed by atoms with van der Waals surface area (Å²) in [7, 11) is -0.0567. The van der Waals surface area contributed by atoms with Crippen LogP contribution in [0.25, 0.3) is 0 Å². The minimum Gasteiger partial charge on any atom is -0.145 e. The smallest absolute Gasteiger partial charge is 0.108 e. The Bertz CT molecular complexity index is 243. The van der Waals surface area contributed by atoms with Crippen LogP contribution in [0.5, 0.6) is 0 Å². The molecule has 0 atom stereocenters. The van der Waals surface area contributed by atoms with Gasteiger partial charge in [-0.05, 0) is 35.9 Å². The second kappa shape index (κ2) is 3.59. The maximum atomic E-state index is 10.0. The maximum Gasteiger partial charge on any atom is 0.108 e. The molecule has 0 radical (unpaired) electrons. The third kappa shape index (κ3) is 2.09.